The van der Waals surface area contributed by atoms with Gasteiger partial charge in [-0.1, -0.05) is 0 Å². The number of halogens is 1. The molecule has 0 bridgehead atoms. The van der Waals surface area contributed by atoms with Gasteiger partial charge in [0.15, 0.2) is 0 Å². The van der Waals surface area contributed by atoms with E-state index in [-0.39, 0.29) is 18.3 Å². The molecule has 0 atom stereocenters. The lowest BCUT2D eigenvalue weighted by molar-refractivity contribution is 0.0951. The second-order valence-electron chi connectivity index (χ2n) is 3.89. The highest BCUT2D eigenvalue weighted by atomic mass is 19.1. The normalized spacial score (nSPS) is 10.6. The van der Waals surface area contributed by atoms with Crippen LogP contribution in [0.4, 0.5) is 4.39 Å². The molecule has 0 spiro atoms. The number of aliphatic hydroxyl groups is 1. The summed E-state index contributed by atoms with van der Waals surface area (Å²) >= 11 is 0. The van der Waals surface area contributed by atoms with Crippen molar-refractivity contribution in [1.29, 1.82) is 0 Å². The van der Waals surface area contributed by atoms with Crippen LogP contribution in [0.3, 0.4) is 0 Å². The fourth-order valence-electron chi connectivity index (χ4n) is 1.61. The van der Waals surface area contributed by atoms with Crippen LogP contribution in [0.2, 0.25) is 0 Å². The summed E-state index contributed by atoms with van der Waals surface area (Å²) in [5.74, 6) is -0.635. The Morgan fingerprint density at radius 2 is 2.22 bits per heavy atom. The van der Waals surface area contributed by atoms with E-state index in [2.05, 4.69) is 10.3 Å². The van der Waals surface area contributed by atoms with Crippen LogP contribution in [0, 0.1) is 5.82 Å². The highest BCUT2D eigenvalue weighted by Crippen LogP contribution is 2.14. The molecule has 0 aliphatic rings. The lowest BCUT2D eigenvalue weighted by atomic mass is 10.1. The average Bonchev–Trinajstić information content (AvgIpc) is 2.38. The maximum atomic E-state index is 13.1. The number of nitrogens with zero attached hydrogens (tertiary/aromatic N) is 1. The van der Waals surface area contributed by atoms with Crippen LogP contribution < -0.4 is 5.32 Å². The van der Waals surface area contributed by atoms with Crippen molar-refractivity contribution in [3.63, 3.8) is 0 Å². The van der Waals surface area contributed by atoms with Crippen molar-refractivity contribution in [1.82, 2.24) is 10.3 Å². The number of aromatic nitrogens is 1. The number of rotatable bonds is 4. The maximum absolute atomic E-state index is 13.1. The lowest BCUT2D eigenvalue weighted by Crippen LogP contribution is -2.25. The Morgan fingerprint density at radius 3 is 3.00 bits per heavy atom. The van der Waals surface area contributed by atoms with Crippen molar-refractivity contribution >= 4 is 16.8 Å². The Labute approximate surface area is 103 Å². The predicted octanol–water partition coefficient (Wildman–Crippen LogP) is 1.49. The first-order valence-corrected chi connectivity index (χ1v) is 5.65. The third-order valence-corrected chi connectivity index (χ3v) is 2.53. The molecule has 5 heteroatoms. The zero-order valence-electron chi connectivity index (χ0n) is 9.69. The van der Waals surface area contributed by atoms with E-state index in [4.69, 9.17) is 5.11 Å². The number of benzene rings is 1. The van der Waals surface area contributed by atoms with Crippen LogP contribution in [0.25, 0.3) is 10.9 Å². The highest BCUT2D eigenvalue weighted by molar-refractivity contribution is 5.97. The number of carbonyl (C=O) groups excluding carboxylic acids is 1. The number of aliphatic hydroxyl groups excluding tert-OH is 1. The van der Waals surface area contributed by atoms with Gasteiger partial charge in [0.1, 0.15) is 5.82 Å². The standard InChI is InChI=1S/C13H13FN2O2/c14-11-2-3-12-9(7-11)6-10(8-16-12)13(18)15-4-1-5-17/h2-3,6-8,17H,1,4-5H2,(H,15,18). The summed E-state index contributed by atoms with van der Waals surface area (Å²) < 4.78 is 13.1. The molecule has 0 fully saturated rings. The molecule has 18 heavy (non-hydrogen) atoms. The average molecular weight is 248 g/mol. The molecular formula is C13H13FN2O2. The predicted molar refractivity (Wildman–Crippen MR) is 65.7 cm³/mol. The van der Waals surface area contributed by atoms with Gasteiger partial charge in [-0.05, 0) is 30.7 Å². The van der Waals surface area contributed by atoms with Gasteiger partial charge in [0.05, 0.1) is 11.1 Å². The summed E-state index contributed by atoms with van der Waals surface area (Å²) in [4.78, 5) is 15.8. The van der Waals surface area contributed by atoms with E-state index in [0.717, 1.165) is 0 Å². The number of hydrogen-bond donors (Lipinski definition) is 2. The first-order chi connectivity index (χ1) is 8.70. The molecule has 1 aromatic heterocycles. The molecule has 0 saturated heterocycles. The molecule has 0 radical (unpaired) electrons. The van der Waals surface area contributed by atoms with Gasteiger partial charge < -0.3 is 10.4 Å². The number of pyridine rings is 1. The maximum Gasteiger partial charge on any atom is 0.252 e. The van der Waals surface area contributed by atoms with Crippen molar-refractivity contribution in [2.45, 2.75) is 6.42 Å². The number of amides is 1. The van der Waals surface area contributed by atoms with Crippen molar-refractivity contribution in [3.05, 3.63) is 41.8 Å². The lowest BCUT2D eigenvalue weighted by Gasteiger charge is -2.05. The summed E-state index contributed by atoms with van der Waals surface area (Å²) in [7, 11) is 0. The van der Waals surface area contributed by atoms with E-state index in [9.17, 15) is 9.18 Å². The van der Waals surface area contributed by atoms with Crippen LogP contribution in [0.5, 0.6) is 0 Å². The van der Waals surface area contributed by atoms with E-state index in [1.807, 2.05) is 0 Å². The summed E-state index contributed by atoms with van der Waals surface area (Å²) in [6.07, 6.45) is 1.95. The number of hydrogen-bond acceptors (Lipinski definition) is 3. The van der Waals surface area contributed by atoms with E-state index in [1.165, 1.54) is 18.3 Å². The van der Waals surface area contributed by atoms with Gasteiger partial charge in [0, 0.05) is 24.7 Å². The van der Waals surface area contributed by atoms with Gasteiger partial charge in [-0.2, -0.15) is 0 Å². The third-order valence-electron chi connectivity index (χ3n) is 2.53. The van der Waals surface area contributed by atoms with E-state index >= 15 is 0 Å². The summed E-state index contributed by atoms with van der Waals surface area (Å²) in [5.41, 5.74) is 1.02. The topological polar surface area (TPSA) is 62.2 Å². The van der Waals surface area contributed by atoms with Crippen LogP contribution in [0.1, 0.15) is 16.8 Å². The first kappa shape index (κ1) is 12.4. The van der Waals surface area contributed by atoms with Gasteiger partial charge in [-0.15, -0.1) is 0 Å². The smallest absolute Gasteiger partial charge is 0.252 e. The molecule has 2 rings (SSSR count). The fraction of sp³-hybridized carbons (Fsp3) is 0.231. The third kappa shape index (κ3) is 2.81. The zero-order chi connectivity index (χ0) is 13.0. The molecule has 0 saturated carbocycles. The first-order valence-electron chi connectivity index (χ1n) is 5.65. The SMILES string of the molecule is O=C(NCCCO)c1cnc2ccc(F)cc2c1. The molecule has 4 nitrogen and oxygen atoms in total. The number of carbonyl (C=O) groups is 1. The minimum absolute atomic E-state index is 0.0292. The van der Waals surface area contributed by atoms with Gasteiger partial charge in [-0.25, -0.2) is 4.39 Å². The van der Waals surface area contributed by atoms with Gasteiger partial charge >= 0.3 is 0 Å². The Bertz CT molecular complexity index is 572. The minimum atomic E-state index is -0.359. The van der Waals surface area contributed by atoms with E-state index in [0.29, 0.717) is 29.4 Å². The van der Waals surface area contributed by atoms with Crippen LogP contribution in [-0.4, -0.2) is 29.1 Å². The Kier molecular flexibility index (Phi) is 3.84. The second kappa shape index (κ2) is 5.55. The van der Waals surface area contributed by atoms with Crippen LogP contribution in [-0.2, 0) is 0 Å². The van der Waals surface area contributed by atoms with Crippen LogP contribution >= 0.6 is 0 Å². The van der Waals surface area contributed by atoms with Gasteiger partial charge in [0.2, 0.25) is 0 Å². The molecule has 0 aliphatic heterocycles. The van der Waals surface area contributed by atoms with Gasteiger partial charge in [-0.3, -0.25) is 9.78 Å². The molecule has 2 aromatic rings. The summed E-state index contributed by atoms with van der Waals surface area (Å²) in [6.45, 7) is 0.429. The minimum Gasteiger partial charge on any atom is -0.396 e. The van der Waals surface area contributed by atoms with E-state index in [1.54, 1.807) is 12.1 Å². The molecule has 1 heterocycles. The van der Waals surface area contributed by atoms with E-state index < -0.39 is 0 Å². The molecule has 1 aromatic carbocycles. The van der Waals surface area contributed by atoms with Crippen molar-refractivity contribution < 1.29 is 14.3 Å². The molecule has 0 unspecified atom stereocenters. The molecule has 0 aliphatic carbocycles. The van der Waals surface area contributed by atoms with Crippen molar-refractivity contribution in [2.24, 2.45) is 0 Å². The molecule has 1 amide bonds. The number of nitrogens with one attached hydrogen (secondary N) is 1. The largest absolute Gasteiger partial charge is 0.396 e. The van der Waals surface area contributed by atoms with Crippen molar-refractivity contribution in [2.75, 3.05) is 13.2 Å². The van der Waals surface area contributed by atoms with Crippen molar-refractivity contribution in [3.8, 4) is 0 Å². The summed E-state index contributed by atoms with van der Waals surface area (Å²) in [5, 5.41) is 11.9. The van der Waals surface area contributed by atoms with Crippen LogP contribution in [0.15, 0.2) is 30.5 Å². The molecule has 94 valence electrons. The summed E-state index contributed by atoms with van der Waals surface area (Å²) in [6, 6.07) is 5.83. The molecular weight excluding hydrogens is 235 g/mol. The Hall–Kier alpha value is -2.01. The van der Waals surface area contributed by atoms with Gasteiger partial charge in [0.25, 0.3) is 5.91 Å². The highest BCUT2D eigenvalue weighted by Gasteiger charge is 2.07. The second-order valence-corrected chi connectivity index (χ2v) is 3.89. The fourth-order valence-corrected chi connectivity index (χ4v) is 1.61. The molecule has 2 N–H and O–H groups in total. The zero-order valence-corrected chi connectivity index (χ0v) is 9.69. The Balaban J connectivity index is 2.21. The Morgan fingerprint density at radius 1 is 1.39 bits per heavy atom. The monoisotopic (exact) mass is 248 g/mol. The number of fused-ring (bicyclic) bond motifs is 1. The quantitative estimate of drug-likeness (QED) is 0.806.